The van der Waals surface area contributed by atoms with Crippen LogP contribution in [0.3, 0.4) is 0 Å². The van der Waals surface area contributed by atoms with Crippen LogP contribution in [0.5, 0.6) is 0 Å². The summed E-state index contributed by atoms with van der Waals surface area (Å²) < 4.78 is 5.26. The normalized spacial score (nSPS) is 11.6. The maximum absolute atomic E-state index is 5.26. The van der Waals surface area contributed by atoms with Gasteiger partial charge in [0, 0.05) is 24.4 Å². The minimum atomic E-state index is -0.00426. The van der Waals surface area contributed by atoms with Crippen LogP contribution < -0.4 is 5.32 Å². The van der Waals surface area contributed by atoms with E-state index in [0.29, 0.717) is 23.9 Å². The van der Waals surface area contributed by atoms with E-state index in [1.807, 2.05) is 49.5 Å². The van der Waals surface area contributed by atoms with E-state index in [9.17, 15) is 0 Å². The van der Waals surface area contributed by atoms with Gasteiger partial charge in [0.25, 0.3) is 0 Å². The number of pyridine rings is 3. The minimum absolute atomic E-state index is 0.00426. The molecular weight excluding hydrogens is 388 g/mol. The van der Waals surface area contributed by atoms with Crippen molar-refractivity contribution in [3.05, 3.63) is 65.9 Å². The molecule has 0 aliphatic carbocycles. The van der Waals surface area contributed by atoms with Crippen molar-refractivity contribution in [3.8, 4) is 11.4 Å². The second-order valence-corrected chi connectivity index (χ2v) is 8.47. The second-order valence-electron chi connectivity index (χ2n) is 8.47. The third-order valence-electron chi connectivity index (χ3n) is 4.93. The fraction of sp³-hybridized carbons (Fsp3) is 0.292. The second kappa shape index (κ2) is 8.35. The average molecular weight is 415 g/mol. The number of rotatable bonds is 5. The quantitative estimate of drug-likeness (QED) is 0.493. The number of fused-ring (bicyclic) bond motifs is 1. The molecule has 31 heavy (non-hydrogen) atoms. The van der Waals surface area contributed by atoms with Gasteiger partial charge < -0.3 is 10.1 Å². The Bertz CT molecular complexity index is 1220. The molecule has 0 saturated carbocycles. The number of ether oxygens (including phenoxy) is 1. The Balaban J connectivity index is 1.76. The van der Waals surface area contributed by atoms with E-state index < -0.39 is 0 Å². The first-order valence-electron chi connectivity index (χ1n) is 10.2. The molecule has 4 rings (SSSR count). The first-order valence-corrected chi connectivity index (χ1v) is 10.2. The van der Waals surface area contributed by atoms with Crippen molar-refractivity contribution in [2.24, 2.45) is 0 Å². The van der Waals surface area contributed by atoms with E-state index in [-0.39, 0.29) is 5.41 Å². The van der Waals surface area contributed by atoms with Gasteiger partial charge in [-0.15, -0.1) is 0 Å². The van der Waals surface area contributed by atoms with Crippen LogP contribution in [0, 0.1) is 6.92 Å². The molecule has 4 aromatic heterocycles. The highest BCUT2D eigenvalue weighted by atomic mass is 16.5. The smallest absolute Gasteiger partial charge is 0.165 e. The summed E-state index contributed by atoms with van der Waals surface area (Å²) in [6.45, 7) is 8.74. The third kappa shape index (κ3) is 4.51. The van der Waals surface area contributed by atoms with Crippen molar-refractivity contribution in [3.63, 3.8) is 0 Å². The van der Waals surface area contributed by atoms with Crippen LogP contribution in [0.2, 0.25) is 0 Å². The third-order valence-corrected chi connectivity index (χ3v) is 4.93. The topological polar surface area (TPSA) is 85.7 Å². The van der Waals surface area contributed by atoms with Gasteiger partial charge in [0.15, 0.2) is 11.5 Å². The van der Waals surface area contributed by atoms with Crippen LogP contribution in [0.15, 0.2) is 48.8 Å². The summed E-state index contributed by atoms with van der Waals surface area (Å²) in [6.07, 6.45) is 3.59. The Morgan fingerprint density at radius 1 is 0.968 bits per heavy atom. The Morgan fingerprint density at radius 3 is 2.48 bits per heavy atom. The van der Waals surface area contributed by atoms with E-state index >= 15 is 0 Å². The molecule has 7 heteroatoms. The van der Waals surface area contributed by atoms with Crippen molar-refractivity contribution in [2.45, 2.75) is 39.7 Å². The van der Waals surface area contributed by atoms with Gasteiger partial charge in [0.05, 0.1) is 28.7 Å². The zero-order chi connectivity index (χ0) is 22.0. The number of nitrogens with zero attached hydrogens (tertiary/aromatic N) is 5. The van der Waals surface area contributed by atoms with Gasteiger partial charge in [-0.25, -0.2) is 15.0 Å². The van der Waals surface area contributed by atoms with Gasteiger partial charge in [0.1, 0.15) is 12.4 Å². The fourth-order valence-corrected chi connectivity index (χ4v) is 3.28. The van der Waals surface area contributed by atoms with Gasteiger partial charge in [-0.05, 0) is 42.8 Å². The van der Waals surface area contributed by atoms with E-state index in [4.69, 9.17) is 9.72 Å². The monoisotopic (exact) mass is 414 g/mol. The van der Waals surface area contributed by atoms with E-state index in [0.717, 1.165) is 33.7 Å². The largest absolute Gasteiger partial charge is 0.377 e. The summed E-state index contributed by atoms with van der Waals surface area (Å²) in [5.74, 6) is 1.22. The van der Waals surface area contributed by atoms with Crippen LogP contribution in [0.25, 0.3) is 22.4 Å². The summed E-state index contributed by atoms with van der Waals surface area (Å²) in [5, 5.41) is 4.19. The SMILES string of the molecule is COCc1nc(Nc2ccc(C(C)(C)C)nc2)c2ccc(-c3ncccc3C)nc2n1. The lowest BCUT2D eigenvalue weighted by Gasteiger charge is -2.18. The Kier molecular flexibility index (Phi) is 5.61. The first-order chi connectivity index (χ1) is 14.8. The molecule has 0 bridgehead atoms. The molecule has 0 aliphatic heterocycles. The molecule has 0 amide bonds. The Labute approximate surface area is 182 Å². The van der Waals surface area contributed by atoms with Gasteiger partial charge in [-0.1, -0.05) is 26.8 Å². The van der Waals surface area contributed by atoms with Gasteiger partial charge in [-0.2, -0.15) is 0 Å². The molecule has 0 fully saturated rings. The molecule has 0 atom stereocenters. The maximum atomic E-state index is 5.26. The predicted octanol–water partition coefficient (Wildman–Crippen LogP) is 4.98. The summed E-state index contributed by atoms with van der Waals surface area (Å²) >= 11 is 0. The van der Waals surface area contributed by atoms with E-state index in [1.165, 1.54) is 0 Å². The molecule has 0 unspecified atom stereocenters. The number of methoxy groups -OCH3 is 1. The molecule has 0 saturated heterocycles. The lowest BCUT2D eigenvalue weighted by atomic mass is 9.92. The van der Waals surface area contributed by atoms with Crippen molar-refractivity contribution >= 4 is 22.5 Å². The van der Waals surface area contributed by atoms with Gasteiger partial charge >= 0.3 is 0 Å². The van der Waals surface area contributed by atoms with Crippen molar-refractivity contribution in [1.29, 1.82) is 0 Å². The molecule has 0 aliphatic rings. The van der Waals surface area contributed by atoms with Crippen LogP contribution >= 0.6 is 0 Å². The number of hydrogen-bond acceptors (Lipinski definition) is 7. The Morgan fingerprint density at radius 2 is 1.81 bits per heavy atom. The standard InChI is InChI=1S/C24H26N6O/c1-15-7-6-12-25-21(15)18-10-9-17-22(29-20(14-31-5)30-23(17)28-18)27-16-8-11-19(26-13-16)24(2,3)4/h6-13H,14H2,1-5H3,(H,27,28,29,30). The Hall–Kier alpha value is -3.45. The summed E-state index contributed by atoms with van der Waals surface area (Å²) in [6, 6.07) is 11.9. The molecule has 0 spiro atoms. The number of anilines is 2. The van der Waals surface area contributed by atoms with Crippen LogP contribution in [-0.4, -0.2) is 32.0 Å². The first kappa shape index (κ1) is 20.8. The zero-order valence-electron chi connectivity index (χ0n) is 18.5. The highest BCUT2D eigenvalue weighted by Crippen LogP contribution is 2.27. The van der Waals surface area contributed by atoms with Crippen molar-refractivity contribution < 1.29 is 4.74 Å². The van der Waals surface area contributed by atoms with Crippen molar-refractivity contribution in [2.75, 3.05) is 12.4 Å². The highest BCUT2D eigenvalue weighted by molar-refractivity contribution is 5.89. The van der Waals surface area contributed by atoms with Crippen molar-refractivity contribution in [1.82, 2.24) is 24.9 Å². The molecular formula is C24H26N6O. The van der Waals surface area contributed by atoms with Crippen LogP contribution in [-0.2, 0) is 16.8 Å². The average Bonchev–Trinajstić information content (AvgIpc) is 2.74. The summed E-state index contributed by atoms with van der Waals surface area (Å²) in [7, 11) is 1.62. The van der Waals surface area contributed by atoms with Gasteiger partial charge in [0.2, 0.25) is 0 Å². The molecule has 4 aromatic rings. The van der Waals surface area contributed by atoms with Crippen LogP contribution in [0.1, 0.15) is 37.9 Å². The fourth-order valence-electron chi connectivity index (χ4n) is 3.28. The number of aromatic nitrogens is 5. The molecule has 7 nitrogen and oxygen atoms in total. The van der Waals surface area contributed by atoms with Crippen LogP contribution in [0.4, 0.5) is 11.5 Å². The summed E-state index contributed by atoms with van der Waals surface area (Å²) in [4.78, 5) is 23.1. The number of aryl methyl sites for hydroxylation is 1. The summed E-state index contributed by atoms with van der Waals surface area (Å²) in [5.41, 5.74) is 5.14. The number of hydrogen-bond donors (Lipinski definition) is 1. The lowest BCUT2D eigenvalue weighted by molar-refractivity contribution is 0.178. The zero-order valence-corrected chi connectivity index (χ0v) is 18.5. The molecule has 0 aromatic carbocycles. The lowest BCUT2D eigenvalue weighted by Crippen LogP contribution is -2.13. The minimum Gasteiger partial charge on any atom is -0.377 e. The van der Waals surface area contributed by atoms with E-state index in [1.54, 1.807) is 13.3 Å². The molecule has 1 N–H and O–H groups in total. The van der Waals surface area contributed by atoms with E-state index in [2.05, 4.69) is 46.0 Å². The maximum Gasteiger partial charge on any atom is 0.165 e. The van der Waals surface area contributed by atoms with Gasteiger partial charge in [-0.3, -0.25) is 9.97 Å². The molecule has 4 heterocycles. The predicted molar refractivity (Wildman–Crippen MR) is 122 cm³/mol. The molecule has 0 radical (unpaired) electrons. The molecule has 158 valence electrons. The highest BCUT2D eigenvalue weighted by Gasteiger charge is 2.16. The number of nitrogens with one attached hydrogen (secondary N) is 1.